The van der Waals surface area contributed by atoms with Crippen LogP contribution in [0.1, 0.15) is 26.7 Å². The lowest BCUT2D eigenvalue weighted by Gasteiger charge is -2.18. The highest BCUT2D eigenvalue weighted by Crippen LogP contribution is 2.37. The molecule has 1 aliphatic heterocycles. The largest absolute Gasteiger partial charge is 0.274 e. The van der Waals surface area contributed by atoms with Crippen molar-refractivity contribution in [2.75, 3.05) is 0 Å². The summed E-state index contributed by atoms with van der Waals surface area (Å²) in [7, 11) is 0. The summed E-state index contributed by atoms with van der Waals surface area (Å²) >= 11 is 0. The number of nitrogens with zero attached hydrogens (tertiary/aromatic N) is 1. The van der Waals surface area contributed by atoms with E-state index in [1.54, 1.807) is 0 Å². The molecule has 80 valence electrons. The predicted molar refractivity (Wildman–Crippen MR) is 52.5 cm³/mol. The minimum atomic E-state index is -0.461. The van der Waals surface area contributed by atoms with Crippen molar-refractivity contribution in [1.82, 2.24) is 4.90 Å². The fourth-order valence-electron chi connectivity index (χ4n) is 2.35. The molecule has 2 rings (SSSR count). The SMILES string of the molecule is CC(=O)N1C(=O)C2CC=C(C)CC2C1=O. The smallest absolute Gasteiger partial charge is 0.240 e. The Morgan fingerprint density at radius 1 is 1.33 bits per heavy atom. The van der Waals surface area contributed by atoms with Crippen LogP contribution in [0.15, 0.2) is 11.6 Å². The van der Waals surface area contributed by atoms with E-state index in [0.717, 1.165) is 10.5 Å². The van der Waals surface area contributed by atoms with Gasteiger partial charge in [-0.3, -0.25) is 14.4 Å². The summed E-state index contributed by atoms with van der Waals surface area (Å²) in [6, 6.07) is 0. The second-order valence-corrected chi connectivity index (χ2v) is 4.23. The van der Waals surface area contributed by atoms with Crippen molar-refractivity contribution in [3.05, 3.63) is 11.6 Å². The molecule has 2 unspecified atom stereocenters. The summed E-state index contributed by atoms with van der Waals surface area (Å²) in [5.41, 5.74) is 1.13. The highest BCUT2D eigenvalue weighted by atomic mass is 16.2. The molecule has 15 heavy (non-hydrogen) atoms. The van der Waals surface area contributed by atoms with Crippen LogP contribution in [0.2, 0.25) is 0 Å². The Morgan fingerprint density at radius 2 is 1.93 bits per heavy atom. The Hall–Kier alpha value is -1.45. The standard InChI is InChI=1S/C11H13NO3/c1-6-3-4-8-9(5-6)11(15)12(7(2)13)10(8)14/h3,8-9H,4-5H2,1-2H3. The lowest BCUT2D eigenvalue weighted by molar-refractivity contribution is -0.149. The van der Waals surface area contributed by atoms with Crippen LogP contribution < -0.4 is 0 Å². The summed E-state index contributed by atoms with van der Waals surface area (Å²) < 4.78 is 0. The monoisotopic (exact) mass is 207 g/mol. The highest BCUT2D eigenvalue weighted by molar-refractivity contribution is 6.16. The van der Waals surface area contributed by atoms with Crippen molar-refractivity contribution in [2.24, 2.45) is 11.8 Å². The Kier molecular flexibility index (Phi) is 2.21. The molecule has 0 spiro atoms. The van der Waals surface area contributed by atoms with Crippen LogP contribution >= 0.6 is 0 Å². The second kappa shape index (κ2) is 3.29. The number of carbonyl (C=O) groups excluding carboxylic acids is 3. The summed E-state index contributed by atoms with van der Waals surface area (Å²) in [5, 5.41) is 0. The number of hydrogen-bond donors (Lipinski definition) is 0. The topological polar surface area (TPSA) is 54.5 Å². The first-order valence-corrected chi connectivity index (χ1v) is 5.06. The molecule has 0 N–H and O–H groups in total. The maximum Gasteiger partial charge on any atom is 0.240 e. The molecular formula is C11H13NO3. The van der Waals surface area contributed by atoms with Gasteiger partial charge in [-0.25, -0.2) is 4.90 Å². The molecule has 0 aromatic heterocycles. The third-order valence-electron chi connectivity index (χ3n) is 3.14. The molecule has 4 heteroatoms. The number of likely N-dealkylation sites (tertiary alicyclic amines) is 1. The summed E-state index contributed by atoms with van der Waals surface area (Å²) in [6.45, 7) is 3.21. The molecular weight excluding hydrogens is 194 g/mol. The van der Waals surface area contributed by atoms with Gasteiger partial charge in [-0.2, -0.15) is 0 Å². The van der Waals surface area contributed by atoms with Gasteiger partial charge >= 0.3 is 0 Å². The highest BCUT2D eigenvalue weighted by Gasteiger charge is 2.49. The van der Waals surface area contributed by atoms with E-state index in [1.807, 2.05) is 13.0 Å². The number of fused-ring (bicyclic) bond motifs is 1. The molecule has 3 amide bonds. The summed E-state index contributed by atoms with van der Waals surface area (Å²) in [6.07, 6.45) is 3.18. The quantitative estimate of drug-likeness (QED) is 0.437. The van der Waals surface area contributed by atoms with E-state index < -0.39 is 5.91 Å². The van der Waals surface area contributed by atoms with Crippen LogP contribution in [-0.2, 0) is 14.4 Å². The Bertz CT molecular complexity index is 383. The first-order valence-electron chi connectivity index (χ1n) is 5.06. The van der Waals surface area contributed by atoms with Gasteiger partial charge in [0.05, 0.1) is 11.8 Å². The lowest BCUT2D eigenvalue weighted by atomic mass is 9.82. The van der Waals surface area contributed by atoms with Crippen LogP contribution in [-0.4, -0.2) is 22.6 Å². The molecule has 1 saturated heterocycles. The second-order valence-electron chi connectivity index (χ2n) is 4.23. The third-order valence-corrected chi connectivity index (χ3v) is 3.14. The Morgan fingerprint density at radius 3 is 2.53 bits per heavy atom. The zero-order chi connectivity index (χ0) is 11.2. The number of rotatable bonds is 0. The van der Waals surface area contributed by atoms with E-state index in [4.69, 9.17) is 0 Å². The molecule has 0 bridgehead atoms. The molecule has 0 aromatic rings. The molecule has 0 saturated carbocycles. The number of allylic oxidation sites excluding steroid dienone is 2. The molecule has 4 nitrogen and oxygen atoms in total. The van der Waals surface area contributed by atoms with Gasteiger partial charge < -0.3 is 0 Å². The lowest BCUT2D eigenvalue weighted by Crippen LogP contribution is -2.35. The molecule has 2 atom stereocenters. The van der Waals surface area contributed by atoms with E-state index in [9.17, 15) is 14.4 Å². The molecule has 1 fully saturated rings. The summed E-state index contributed by atoms with van der Waals surface area (Å²) in [4.78, 5) is 35.5. The zero-order valence-electron chi connectivity index (χ0n) is 8.82. The number of imide groups is 3. The third kappa shape index (κ3) is 1.40. The van der Waals surface area contributed by atoms with Gasteiger partial charge in [-0.1, -0.05) is 11.6 Å². The minimum Gasteiger partial charge on any atom is -0.274 e. The molecule has 1 heterocycles. The first kappa shape index (κ1) is 10.1. The van der Waals surface area contributed by atoms with E-state index in [0.29, 0.717) is 12.8 Å². The van der Waals surface area contributed by atoms with E-state index in [2.05, 4.69) is 0 Å². The number of amides is 3. The van der Waals surface area contributed by atoms with Crippen molar-refractivity contribution in [3.8, 4) is 0 Å². The van der Waals surface area contributed by atoms with Gasteiger partial charge in [0.15, 0.2) is 0 Å². The van der Waals surface area contributed by atoms with Crippen LogP contribution in [0.25, 0.3) is 0 Å². The van der Waals surface area contributed by atoms with Crippen molar-refractivity contribution in [2.45, 2.75) is 26.7 Å². The number of carbonyl (C=O) groups is 3. The first-order chi connectivity index (χ1) is 7.02. The molecule has 0 radical (unpaired) electrons. The normalized spacial score (nSPS) is 30.3. The van der Waals surface area contributed by atoms with Gasteiger partial charge in [0.25, 0.3) is 0 Å². The van der Waals surface area contributed by atoms with Crippen molar-refractivity contribution < 1.29 is 14.4 Å². The van der Waals surface area contributed by atoms with Crippen molar-refractivity contribution in [1.29, 1.82) is 0 Å². The predicted octanol–water partition coefficient (Wildman–Crippen LogP) is 0.874. The van der Waals surface area contributed by atoms with Crippen LogP contribution in [0.3, 0.4) is 0 Å². The Labute approximate surface area is 87.9 Å². The number of hydrogen-bond acceptors (Lipinski definition) is 3. The van der Waals surface area contributed by atoms with Gasteiger partial charge in [-0.05, 0) is 19.8 Å². The molecule has 2 aliphatic rings. The van der Waals surface area contributed by atoms with Gasteiger partial charge in [0.1, 0.15) is 0 Å². The van der Waals surface area contributed by atoms with Gasteiger partial charge in [-0.15, -0.1) is 0 Å². The van der Waals surface area contributed by atoms with Crippen molar-refractivity contribution >= 4 is 17.7 Å². The Balaban J connectivity index is 2.32. The fourth-order valence-corrected chi connectivity index (χ4v) is 2.35. The van der Waals surface area contributed by atoms with Crippen LogP contribution in [0.4, 0.5) is 0 Å². The summed E-state index contributed by atoms with van der Waals surface area (Å²) in [5.74, 6) is -1.69. The van der Waals surface area contributed by atoms with Crippen LogP contribution in [0, 0.1) is 11.8 Å². The van der Waals surface area contributed by atoms with Gasteiger partial charge in [0.2, 0.25) is 17.7 Å². The van der Waals surface area contributed by atoms with Crippen LogP contribution in [0.5, 0.6) is 0 Å². The van der Waals surface area contributed by atoms with E-state index in [-0.39, 0.29) is 23.7 Å². The van der Waals surface area contributed by atoms with E-state index in [1.165, 1.54) is 6.92 Å². The average Bonchev–Trinajstić information content (AvgIpc) is 2.39. The van der Waals surface area contributed by atoms with E-state index >= 15 is 0 Å². The minimum absolute atomic E-state index is 0.300. The maximum absolute atomic E-state index is 11.8. The maximum atomic E-state index is 11.8. The molecule has 0 aromatic carbocycles. The fraction of sp³-hybridized carbons (Fsp3) is 0.545. The zero-order valence-corrected chi connectivity index (χ0v) is 8.82. The molecule has 1 aliphatic carbocycles. The van der Waals surface area contributed by atoms with Gasteiger partial charge in [0, 0.05) is 6.92 Å². The van der Waals surface area contributed by atoms with Crippen molar-refractivity contribution in [3.63, 3.8) is 0 Å². The average molecular weight is 207 g/mol.